The molecule has 0 saturated carbocycles. The molecule has 0 unspecified atom stereocenters. The molecular weight excluding hydrogens is 126 g/mol. The monoisotopic (exact) mass is 131 g/mol. The Kier molecular flexibility index (Phi) is 1.86. The minimum atomic E-state index is 0.587. The van der Waals surface area contributed by atoms with Gasteiger partial charge in [-0.2, -0.15) is 5.10 Å². The topological polar surface area (TPSA) is 30.7 Å². The van der Waals surface area contributed by atoms with Gasteiger partial charge in [-0.1, -0.05) is 0 Å². The molecule has 0 bridgehead atoms. The van der Waals surface area contributed by atoms with Crippen molar-refractivity contribution in [2.75, 3.05) is 5.88 Å². The first kappa shape index (κ1) is 5.56. The third-order valence-corrected chi connectivity index (χ3v) is 0.949. The van der Waals surface area contributed by atoms with Crippen LogP contribution >= 0.6 is 11.6 Å². The number of halogens is 1. The van der Waals surface area contributed by atoms with Crippen LogP contribution in [0.25, 0.3) is 0 Å². The maximum atomic E-state index is 5.40. The predicted octanol–water partition coefficient (Wildman–Crippen LogP) is 0.517. The number of alkyl halides is 1. The van der Waals surface area contributed by atoms with Crippen molar-refractivity contribution in [3.63, 3.8) is 0 Å². The fraction of sp³-hybridized carbons (Fsp3) is 0.500. The van der Waals surface area contributed by atoms with E-state index >= 15 is 0 Å². The zero-order valence-electron chi connectivity index (χ0n) is 4.29. The second-order valence-corrected chi connectivity index (χ2v) is 1.73. The quantitative estimate of drug-likeness (QED) is 0.548. The van der Waals surface area contributed by atoms with Crippen molar-refractivity contribution >= 4 is 11.6 Å². The van der Waals surface area contributed by atoms with Crippen LogP contribution < -0.4 is 0 Å². The molecule has 1 heterocycles. The van der Waals surface area contributed by atoms with E-state index in [1.165, 1.54) is 6.33 Å². The van der Waals surface area contributed by atoms with Gasteiger partial charge in [0.1, 0.15) is 12.7 Å². The lowest BCUT2D eigenvalue weighted by atomic mass is 10.8. The summed E-state index contributed by atoms with van der Waals surface area (Å²) >= 11 is 5.40. The predicted molar refractivity (Wildman–Crippen MR) is 30.7 cm³/mol. The lowest BCUT2D eigenvalue weighted by molar-refractivity contribution is 0.662. The number of hydrogen-bond acceptors (Lipinski definition) is 2. The zero-order valence-corrected chi connectivity index (χ0v) is 5.04. The fourth-order valence-corrected chi connectivity index (χ4v) is 0.608. The Hall–Kier alpha value is -0.570. The van der Waals surface area contributed by atoms with Gasteiger partial charge in [-0.05, 0) is 0 Å². The summed E-state index contributed by atoms with van der Waals surface area (Å²) in [6, 6.07) is 0. The lowest BCUT2D eigenvalue weighted by Gasteiger charge is -1.89. The third kappa shape index (κ3) is 1.20. The normalized spacial score (nSPS) is 9.62. The van der Waals surface area contributed by atoms with E-state index in [1.54, 1.807) is 11.0 Å². The number of nitrogens with zero attached hydrogens (tertiary/aromatic N) is 3. The fourth-order valence-electron chi connectivity index (χ4n) is 0.435. The van der Waals surface area contributed by atoms with Gasteiger partial charge >= 0.3 is 0 Å². The van der Waals surface area contributed by atoms with Crippen molar-refractivity contribution in [1.29, 1.82) is 0 Å². The van der Waals surface area contributed by atoms with Gasteiger partial charge in [0.05, 0.1) is 6.54 Å². The third-order valence-electron chi connectivity index (χ3n) is 0.780. The molecule has 0 saturated heterocycles. The van der Waals surface area contributed by atoms with Gasteiger partial charge < -0.3 is 0 Å². The van der Waals surface area contributed by atoms with Crippen LogP contribution in [0.4, 0.5) is 0 Å². The van der Waals surface area contributed by atoms with E-state index in [-0.39, 0.29) is 0 Å². The van der Waals surface area contributed by atoms with Crippen LogP contribution in [0.3, 0.4) is 0 Å². The molecule has 0 fully saturated rings. The summed E-state index contributed by atoms with van der Waals surface area (Å²) in [5.41, 5.74) is 0. The van der Waals surface area contributed by atoms with Crippen molar-refractivity contribution in [2.24, 2.45) is 0 Å². The van der Waals surface area contributed by atoms with Crippen LogP contribution in [0.15, 0.2) is 12.7 Å². The van der Waals surface area contributed by atoms with Gasteiger partial charge in [-0.3, -0.25) is 4.68 Å². The Bertz CT molecular complexity index is 137. The van der Waals surface area contributed by atoms with Crippen molar-refractivity contribution in [3.8, 4) is 0 Å². The number of aromatic nitrogens is 3. The highest BCUT2D eigenvalue weighted by Gasteiger charge is 1.84. The number of hydrogen-bond donors (Lipinski definition) is 0. The van der Waals surface area contributed by atoms with Crippen molar-refractivity contribution in [3.05, 3.63) is 12.7 Å². The van der Waals surface area contributed by atoms with Gasteiger partial charge in [0.15, 0.2) is 0 Å². The summed E-state index contributed by atoms with van der Waals surface area (Å²) in [4.78, 5) is 3.73. The van der Waals surface area contributed by atoms with E-state index in [9.17, 15) is 0 Å². The Morgan fingerprint density at radius 1 is 1.62 bits per heavy atom. The minimum absolute atomic E-state index is 0.587. The molecule has 44 valence electrons. The molecule has 0 radical (unpaired) electrons. The van der Waals surface area contributed by atoms with E-state index in [0.717, 1.165) is 6.54 Å². The summed E-state index contributed by atoms with van der Waals surface area (Å²) in [5.74, 6) is 0.587. The van der Waals surface area contributed by atoms with Crippen LogP contribution in [0.1, 0.15) is 0 Å². The van der Waals surface area contributed by atoms with Crippen LogP contribution in [0.5, 0.6) is 0 Å². The highest BCUT2D eigenvalue weighted by atomic mass is 35.5. The molecule has 1 aromatic heterocycles. The highest BCUT2D eigenvalue weighted by Crippen LogP contribution is 1.81. The van der Waals surface area contributed by atoms with Gasteiger partial charge in [0, 0.05) is 5.88 Å². The van der Waals surface area contributed by atoms with E-state index in [1.807, 2.05) is 0 Å². The standard InChI is InChI=1S/C4H6ClN3/c5-1-2-8-4-6-3-7-8/h3-4H,1-2H2. The first-order valence-corrected chi connectivity index (χ1v) is 2.85. The first-order chi connectivity index (χ1) is 3.93. The first-order valence-electron chi connectivity index (χ1n) is 2.32. The number of rotatable bonds is 2. The lowest BCUT2D eigenvalue weighted by Crippen LogP contribution is -1.98. The second kappa shape index (κ2) is 2.67. The van der Waals surface area contributed by atoms with Gasteiger partial charge in [0.25, 0.3) is 0 Å². The maximum absolute atomic E-state index is 5.40. The van der Waals surface area contributed by atoms with E-state index < -0.39 is 0 Å². The summed E-state index contributed by atoms with van der Waals surface area (Å²) in [7, 11) is 0. The van der Waals surface area contributed by atoms with Crippen LogP contribution in [-0.4, -0.2) is 20.6 Å². The summed E-state index contributed by atoms with van der Waals surface area (Å²) in [5, 5.41) is 3.83. The average Bonchev–Trinajstić information content (AvgIpc) is 2.19. The molecule has 0 N–H and O–H groups in total. The molecule has 0 aliphatic carbocycles. The van der Waals surface area contributed by atoms with Crippen molar-refractivity contribution in [1.82, 2.24) is 14.8 Å². The maximum Gasteiger partial charge on any atom is 0.137 e. The molecule has 0 atom stereocenters. The van der Waals surface area contributed by atoms with Gasteiger partial charge in [-0.15, -0.1) is 11.6 Å². The van der Waals surface area contributed by atoms with Crippen LogP contribution in [-0.2, 0) is 6.54 Å². The molecule has 1 aromatic rings. The van der Waals surface area contributed by atoms with Crippen LogP contribution in [0.2, 0.25) is 0 Å². The Balaban J connectivity index is 2.50. The van der Waals surface area contributed by atoms with E-state index in [2.05, 4.69) is 10.1 Å². The highest BCUT2D eigenvalue weighted by molar-refractivity contribution is 6.17. The molecule has 3 nitrogen and oxygen atoms in total. The Morgan fingerprint density at radius 3 is 3.00 bits per heavy atom. The average molecular weight is 132 g/mol. The van der Waals surface area contributed by atoms with Crippen molar-refractivity contribution in [2.45, 2.75) is 6.54 Å². The SMILES string of the molecule is ClCCn1cncn1. The summed E-state index contributed by atoms with van der Waals surface area (Å²) in [6.07, 6.45) is 3.13. The molecule has 8 heavy (non-hydrogen) atoms. The molecule has 1 rings (SSSR count). The van der Waals surface area contributed by atoms with Crippen molar-refractivity contribution < 1.29 is 0 Å². The zero-order chi connectivity index (χ0) is 5.82. The van der Waals surface area contributed by atoms with E-state index in [0.29, 0.717) is 5.88 Å². The Labute approximate surface area is 52.3 Å². The molecule has 4 heteroatoms. The number of aryl methyl sites for hydroxylation is 1. The Morgan fingerprint density at radius 2 is 2.50 bits per heavy atom. The second-order valence-electron chi connectivity index (χ2n) is 1.35. The summed E-state index contributed by atoms with van der Waals surface area (Å²) < 4.78 is 1.69. The van der Waals surface area contributed by atoms with E-state index in [4.69, 9.17) is 11.6 Å². The molecule has 0 aliphatic heterocycles. The molecular formula is C4H6ClN3. The molecule has 0 aliphatic rings. The van der Waals surface area contributed by atoms with Crippen LogP contribution in [0, 0.1) is 0 Å². The molecule has 0 amide bonds. The smallest absolute Gasteiger partial charge is 0.137 e. The molecule has 0 aromatic carbocycles. The van der Waals surface area contributed by atoms with Gasteiger partial charge in [0.2, 0.25) is 0 Å². The minimum Gasteiger partial charge on any atom is -0.252 e. The molecule has 0 spiro atoms. The largest absolute Gasteiger partial charge is 0.252 e. The van der Waals surface area contributed by atoms with Gasteiger partial charge in [-0.25, -0.2) is 4.98 Å². The summed E-state index contributed by atoms with van der Waals surface area (Å²) in [6.45, 7) is 0.738.